The van der Waals surface area contributed by atoms with Gasteiger partial charge < -0.3 is 19.8 Å². The first kappa shape index (κ1) is 18.1. The first-order valence-corrected chi connectivity index (χ1v) is 9.11. The van der Waals surface area contributed by atoms with Crippen LogP contribution in [-0.2, 0) is 13.1 Å². The van der Waals surface area contributed by atoms with E-state index in [1.807, 2.05) is 26.2 Å². The normalized spacial score (nSPS) is 17.9. The van der Waals surface area contributed by atoms with E-state index in [2.05, 4.69) is 39.6 Å². The van der Waals surface area contributed by atoms with Crippen LogP contribution in [0.1, 0.15) is 48.7 Å². The Kier molecular flexibility index (Phi) is 5.89. The molecule has 1 heterocycles. The predicted molar refractivity (Wildman–Crippen MR) is 97.9 cm³/mol. The topological polar surface area (TPSA) is 61.5 Å². The highest BCUT2D eigenvalue weighted by Crippen LogP contribution is 2.47. The van der Waals surface area contributed by atoms with E-state index in [-0.39, 0.29) is 18.1 Å². The van der Waals surface area contributed by atoms with Crippen LogP contribution in [0.25, 0.3) is 0 Å². The van der Waals surface area contributed by atoms with Gasteiger partial charge in [-0.05, 0) is 32.5 Å². The molecule has 1 saturated carbocycles. The number of aromatic nitrogens is 1. The summed E-state index contributed by atoms with van der Waals surface area (Å²) < 4.78 is 5.41. The van der Waals surface area contributed by atoms with E-state index in [4.69, 9.17) is 4.52 Å². The zero-order valence-corrected chi connectivity index (χ0v) is 15.2. The highest BCUT2D eigenvalue weighted by atomic mass is 16.5. The summed E-state index contributed by atoms with van der Waals surface area (Å²) in [5, 5.41) is 18.0. The number of nitrogens with one attached hydrogen (secondary N) is 1. The van der Waals surface area contributed by atoms with Crippen molar-refractivity contribution in [1.82, 2.24) is 15.4 Å². The van der Waals surface area contributed by atoms with Crippen LogP contribution in [0.2, 0.25) is 0 Å². The zero-order valence-electron chi connectivity index (χ0n) is 15.2. The minimum absolute atomic E-state index is 0.0858. The minimum atomic E-state index is -0.0858. The molecule has 136 valence electrons. The second-order valence-electron chi connectivity index (χ2n) is 7.47. The average Bonchev–Trinajstić information content (AvgIpc) is 3.26. The van der Waals surface area contributed by atoms with Crippen molar-refractivity contribution >= 4 is 0 Å². The molecular formula is C20H29N3O2. The number of aliphatic hydroxyl groups is 1. The monoisotopic (exact) mass is 343 g/mol. The van der Waals surface area contributed by atoms with Crippen LogP contribution < -0.4 is 5.32 Å². The van der Waals surface area contributed by atoms with Gasteiger partial charge in [0.1, 0.15) is 0 Å². The molecule has 5 heteroatoms. The van der Waals surface area contributed by atoms with Gasteiger partial charge in [-0.2, -0.15) is 0 Å². The Morgan fingerprint density at radius 3 is 2.60 bits per heavy atom. The Balaban J connectivity index is 1.75. The lowest BCUT2D eigenvalue weighted by molar-refractivity contribution is 0.0847. The minimum Gasteiger partial charge on any atom is -0.396 e. The SMILES string of the molecule is CN(C)Cc1cc(CN[C@H](c2ccccc2)C2(CO)CCCC2)no1. The second kappa shape index (κ2) is 8.13. The molecule has 0 saturated heterocycles. The first-order valence-electron chi connectivity index (χ1n) is 9.11. The summed E-state index contributed by atoms with van der Waals surface area (Å²) >= 11 is 0. The molecule has 1 atom stereocenters. The predicted octanol–water partition coefficient (Wildman–Crippen LogP) is 3.12. The van der Waals surface area contributed by atoms with Gasteiger partial charge in [0.15, 0.2) is 5.76 Å². The van der Waals surface area contributed by atoms with Gasteiger partial charge in [0.25, 0.3) is 0 Å². The fourth-order valence-corrected chi connectivity index (χ4v) is 3.98. The molecule has 0 bridgehead atoms. The van der Waals surface area contributed by atoms with Crippen molar-refractivity contribution in [2.75, 3.05) is 20.7 Å². The number of hydrogen-bond acceptors (Lipinski definition) is 5. The van der Waals surface area contributed by atoms with Gasteiger partial charge in [-0.3, -0.25) is 0 Å². The Morgan fingerprint density at radius 2 is 1.96 bits per heavy atom. The van der Waals surface area contributed by atoms with Crippen molar-refractivity contribution < 1.29 is 9.63 Å². The maximum atomic E-state index is 10.2. The van der Waals surface area contributed by atoms with Crippen molar-refractivity contribution in [3.63, 3.8) is 0 Å². The van der Waals surface area contributed by atoms with Gasteiger partial charge in [0, 0.05) is 24.1 Å². The quantitative estimate of drug-likeness (QED) is 0.771. The van der Waals surface area contributed by atoms with E-state index in [0.717, 1.165) is 30.8 Å². The third-order valence-corrected chi connectivity index (χ3v) is 5.23. The molecule has 2 aromatic rings. The molecule has 0 radical (unpaired) electrons. The fraction of sp³-hybridized carbons (Fsp3) is 0.550. The Morgan fingerprint density at radius 1 is 1.24 bits per heavy atom. The highest BCUT2D eigenvalue weighted by molar-refractivity contribution is 5.22. The maximum absolute atomic E-state index is 10.2. The van der Waals surface area contributed by atoms with E-state index in [1.54, 1.807) is 0 Å². The molecule has 2 N–H and O–H groups in total. The average molecular weight is 343 g/mol. The molecule has 5 nitrogen and oxygen atoms in total. The lowest BCUT2D eigenvalue weighted by atomic mass is 9.76. The van der Waals surface area contributed by atoms with Crippen molar-refractivity contribution in [2.24, 2.45) is 5.41 Å². The summed E-state index contributed by atoms with van der Waals surface area (Å²) in [4.78, 5) is 2.06. The van der Waals surface area contributed by atoms with Crippen LogP contribution in [0.15, 0.2) is 40.9 Å². The molecule has 0 aliphatic heterocycles. The largest absolute Gasteiger partial charge is 0.396 e. The summed E-state index contributed by atoms with van der Waals surface area (Å²) in [7, 11) is 4.02. The first-order chi connectivity index (χ1) is 12.1. The van der Waals surface area contributed by atoms with Gasteiger partial charge in [-0.25, -0.2) is 0 Å². The molecule has 1 aliphatic rings. The standard InChI is InChI=1S/C20H29N3O2/c1-23(2)14-18-12-17(22-25-18)13-21-19(16-8-4-3-5-9-16)20(15-24)10-6-7-11-20/h3-5,8-9,12,19,21,24H,6-7,10-11,13-15H2,1-2H3/t19-/m1/s1. The van der Waals surface area contributed by atoms with Crippen LogP contribution in [0.5, 0.6) is 0 Å². The van der Waals surface area contributed by atoms with Crippen molar-refractivity contribution in [3.8, 4) is 0 Å². The van der Waals surface area contributed by atoms with Crippen molar-refractivity contribution in [1.29, 1.82) is 0 Å². The van der Waals surface area contributed by atoms with Crippen LogP contribution in [0.3, 0.4) is 0 Å². The van der Waals surface area contributed by atoms with Crippen LogP contribution in [0, 0.1) is 5.41 Å². The van der Waals surface area contributed by atoms with Gasteiger partial charge in [0.05, 0.1) is 18.8 Å². The smallest absolute Gasteiger partial charge is 0.150 e. The summed E-state index contributed by atoms with van der Waals surface area (Å²) in [6, 6.07) is 12.6. The molecule has 0 amide bonds. The molecule has 25 heavy (non-hydrogen) atoms. The molecule has 1 aromatic heterocycles. The van der Waals surface area contributed by atoms with E-state index in [1.165, 1.54) is 18.4 Å². The number of hydrogen-bond donors (Lipinski definition) is 2. The molecule has 1 aromatic carbocycles. The van der Waals surface area contributed by atoms with Crippen molar-refractivity contribution in [3.05, 3.63) is 53.4 Å². The van der Waals surface area contributed by atoms with Gasteiger partial charge >= 0.3 is 0 Å². The molecule has 0 spiro atoms. The molecular weight excluding hydrogens is 314 g/mol. The summed E-state index contributed by atoms with van der Waals surface area (Å²) in [6.45, 7) is 1.60. The maximum Gasteiger partial charge on any atom is 0.150 e. The van der Waals surface area contributed by atoms with Gasteiger partial charge in [0.2, 0.25) is 0 Å². The summed E-state index contributed by atoms with van der Waals surface area (Å²) in [6.07, 6.45) is 4.48. The third kappa shape index (κ3) is 4.29. The fourth-order valence-electron chi connectivity index (χ4n) is 3.98. The van der Waals surface area contributed by atoms with Gasteiger partial charge in [-0.15, -0.1) is 0 Å². The molecule has 1 fully saturated rings. The summed E-state index contributed by atoms with van der Waals surface area (Å²) in [5.41, 5.74) is 2.05. The molecule has 3 rings (SSSR count). The lowest BCUT2D eigenvalue weighted by Crippen LogP contribution is -2.39. The summed E-state index contributed by atoms with van der Waals surface area (Å²) in [5.74, 6) is 0.871. The Labute approximate surface area is 150 Å². The third-order valence-electron chi connectivity index (χ3n) is 5.23. The number of benzene rings is 1. The Bertz CT molecular complexity index is 648. The molecule has 1 aliphatic carbocycles. The van der Waals surface area contributed by atoms with Crippen LogP contribution >= 0.6 is 0 Å². The van der Waals surface area contributed by atoms with E-state index >= 15 is 0 Å². The van der Waals surface area contributed by atoms with E-state index in [0.29, 0.717) is 6.54 Å². The number of nitrogens with zero attached hydrogens (tertiary/aromatic N) is 2. The van der Waals surface area contributed by atoms with Gasteiger partial charge in [-0.1, -0.05) is 48.3 Å². The number of aliphatic hydroxyl groups excluding tert-OH is 1. The van der Waals surface area contributed by atoms with Crippen LogP contribution in [-0.4, -0.2) is 35.9 Å². The highest BCUT2D eigenvalue weighted by Gasteiger charge is 2.41. The Hall–Kier alpha value is -1.69. The second-order valence-corrected chi connectivity index (χ2v) is 7.47. The van der Waals surface area contributed by atoms with E-state index < -0.39 is 0 Å². The lowest BCUT2D eigenvalue weighted by Gasteiger charge is -2.37. The van der Waals surface area contributed by atoms with Crippen LogP contribution in [0.4, 0.5) is 0 Å². The zero-order chi connectivity index (χ0) is 17.7. The number of rotatable bonds is 8. The van der Waals surface area contributed by atoms with Crippen molar-refractivity contribution in [2.45, 2.75) is 44.8 Å². The molecule has 0 unspecified atom stereocenters. The van der Waals surface area contributed by atoms with E-state index in [9.17, 15) is 5.11 Å².